The highest BCUT2D eigenvalue weighted by Gasteiger charge is 2.39. The molecule has 104 valence electrons. The molecule has 3 heteroatoms. The smallest absolute Gasteiger partial charge is 0.137 e. The maximum absolute atomic E-state index is 12.3. The van der Waals surface area contributed by atoms with Gasteiger partial charge in [-0.15, -0.1) is 0 Å². The maximum atomic E-state index is 12.3. The number of Topliss-reactive ketones (excluding diaryl/α,β-unsaturated/α-hetero) is 1. The molecule has 0 saturated heterocycles. The second-order valence-corrected chi connectivity index (χ2v) is 7.07. The molecule has 1 aromatic carbocycles. The van der Waals surface area contributed by atoms with Crippen LogP contribution in [-0.2, 0) is 10.2 Å². The van der Waals surface area contributed by atoms with E-state index in [1.165, 1.54) is 0 Å². The lowest BCUT2D eigenvalue weighted by atomic mass is 9.65. The molecule has 1 aliphatic rings. The second-order valence-electron chi connectivity index (χ2n) is 6.26. The van der Waals surface area contributed by atoms with Crippen molar-refractivity contribution >= 4 is 29.0 Å². The van der Waals surface area contributed by atoms with Crippen LogP contribution in [0.25, 0.3) is 0 Å². The third-order valence-electron chi connectivity index (χ3n) is 4.42. The minimum Gasteiger partial charge on any atom is -0.299 e. The lowest BCUT2D eigenvalue weighted by molar-refractivity contribution is -0.128. The monoisotopic (exact) mass is 298 g/mol. The van der Waals surface area contributed by atoms with Crippen LogP contribution in [0, 0.1) is 11.8 Å². The molecule has 1 aliphatic carbocycles. The minimum atomic E-state index is -0.189. The summed E-state index contributed by atoms with van der Waals surface area (Å²) in [6.07, 6.45) is 2.80. The average Bonchev–Trinajstić information content (AvgIpc) is 2.32. The maximum Gasteiger partial charge on any atom is 0.137 e. The normalized spacial score (nSPS) is 24.6. The summed E-state index contributed by atoms with van der Waals surface area (Å²) in [5.74, 6) is 0.990. The molecule has 0 spiro atoms. The first-order valence-electron chi connectivity index (χ1n) is 6.80. The van der Waals surface area contributed by atoms with E-state index in [0.717, 1.165) is 18.4 Å². The lowest BCUT2D eigenvalue weighted by Crippen LogP contribution is -2.38. The molecule has 0 bridgehead atoms. The first kappa shape index (κ1) is 14.9. The number of ketones is 1. The van der Waals surface area contributed by atoms with Gasteiger partial charge >= 0.3 is 0 Å². The molecule has 2 atom stereocenters. The molecule has 1 saturated carbocycles. The number of carbonyl (C=O) groups excluding carboxylic acids is 1. The number of hydrogen-bond acceptors (Lipinski definition) is 1. The van der Waals surface area contributed by atoms with Gasteiger partial charge in [-0.25, -0.2) is 0 Å². The van der Waals surface area contributed by atoms with Crippen molar-refractivity contribution in [2.75, 3.05) is 0 Å². The van der Waals surface area contributed by atoms with Crippen LogP contribution in [0.15, 0.2) is 18.2 Å². The molecule has 0 aromatic heterocycles. The molecule has 0 heterocycles. The van der Waals surface area contributed by atoms with Crippen molar-refractivity contribution in [3.05, 3.63) is 33.8 Å². The molecule has 1 aromatic rings. The van der Waals surface area contributed by atoms with Gasteiger partial charge in [0.15, 0.2) is 0 Å². The van der Waals surface area contributed by atoms with Crippen LogP contribution in [0.5, 0.6) is 0 Å². The van der Waals surface area contributed by atoms with E-state index < -0.39 is 0 Å². The van der Waals surface area contributed by atoms with E-state index in [0.29, 0.717) is 28.2 Å². The minimum absolute atomic E-state index is 0.0842. The fourth-order valence-corrected chi connectivity index (χ4v) is 3.36. The fraction of sp³-hybridized carbons (Fsp3) is 0.562. The van der Waals surface area contributed by atoms with Crippen molar-refractivity contribution in [2.24, 2.45) is 11.8 Å². The second kappa shape index (κ2) is 5.46. The Morgan fingerprint density at radius 2 is 1.84 bits per heavy atom. The summed E-state index contributed by atoms with van der Waals surface area (Å²) in [5, 5.41) is 1.12. The Kier molecular flexibility index (Phi) is 4.27. The summed E-state index contributed by atoms with van der Waals surface area (Å²) in [6, 6.07) is 5.70. The predicted molar refractivity (Wildman–Crippen MR) is 81.0 cm³/mol. The summed E-state index contributed by atoms with van der Waals surface area (Å²) in [6.45, 7) is 6.41. The van der Waals surface area contributed by atoms with Gasteiger partial charge in [-0.2, -0.15) is 0 Å². The third kappa shape index (κ3) is 2.98. The van der Waals surface area contributed by atoms with Gasteiger partial charge in [0.05, 0.1) is 10.0 Å². The summed E-state index contributed by atoms with van der Waals surface area (Å²) < 4.78 is 0. The number of benzene rings is 1. The van der Waals surface area contributed by atoms with Crippen molar-refractivity contribution in [2.45, 2.75) is 45.4 Å². The molecular formula is C16H20Cl2O. The molecule has 1 nitrogen and oxygen atoms in total. The highest BCUT2D eigenvalue weighted by atomic mass is 35.5. The fourth-order valence-electron chi connectivity index (χ4n) is 3.06. The molecule has 0 N–H and O–H groups in total. The number of hydrogen-bond donors (Lipinski definition) is 0. The summed E-state index contributed by atoms with van der Waals surface area (Å²) in [4.78, 5) is 12.3. The largest absolute Gasteiger partial charge is 0.299 e. The molecule has 0 radical (unpaired) electrons. The van der Waals surface area contributed by atoms with E-state index in [9.17, 15) is 4.79 Å². The molecule has 1 fully saturated rings. The molecule has 2 unspecified atom stereocenters. The predicted octanol–water partition coefficient (Wildman–Crippen LogP) is 5.28. The highest BCUT2D eigenvalue weighted by molar-refractivity contribution is 6.42. The molecular weight excluding hydrogens is 279 g/mol. The van der Waals surface area contributed by atoms with Gasteiger partial charge in [0.1, 0.15) is 5.78 Å². The molecule has 0 aliphatic heterocycles. The number of halogens is 2. The van der Waals surface area contributed by atoms with Crippen molar-refractivity contribution in [1.29, 1.82) is 0 Å². The Balaban J connectivity index is 2.30. The van der Waals surface area contributed by atoms with Crippen molar-refractivity contribution in [3.63, 3.8) is 0 Å². The van der Waals surface area contributed by atoms with E-state index in [1.54, 1.807) is 0 Å². The highest BCUT2D eigenvalue weighted by Crippen LogP contribution is 2.41. The first-order chi connectivity index (χ1) is 8.82. The Bertz CT molecular complexity index is 494. The zero-order valence-corrected chi connectivity index (χ0v) is 13.2. The van der Waals surface area contributed by atoms with Gasteiger partial charge in [0.25, 0.3) is 0 Å². The van der Waals surface area contributed by atoms with Crippen molar-refractivity contribution in [1.82, 2.24) is 0 Å². The Morgan fingerprint density at radius 3 is 2.42 bits per heavy atom. The van der Waals surface area contributed by atoms with E-state index in [1.807, 2.05) is 18.2 Å². The molecule has 0 amide bonds. The quantitative estimate of drug-likeness (QED) is 0.726. The lowest BCUT2D eigenvalue weighted by Gasteiger charge is -2.38. The van der Waals surface area contributed by atoms with Crippen LogP contribution in [0.4, 0.5) is 0 Å². The SMILES string of the molecule is CC1CCC(C(C)(C)c2ccc(Cl)c(Cl)c2)C(=O)C1. The summed E-state index contributed by atoms with van der Waals surface area (Å²) in [7, 11) is 0. The standard InChI is InChI=1S/C16H20Cl2O/c1-10-4-6-12(15(19)8-10)16(2,3)11-5-7-13(17)14(18)9-11/h5,7,9-10,12H,4,6,8H2,1-3H3. The third-order valence-corrected chi connectivity index (χ3v) is 5.16. The van der Waals surface area contributed by atoms with Gasteiger partial charge in [-0.3, -0.25) is 4.79 Å². The summed E-state index contributed by atoms with van der Waals surface area (Å²) >= 11 is 12.1. The van der Waals surface area contributed by atoms with Gasteiger partial charge in [-0.1, -0.05) is 50.0 Å². The average molecular weight is 299 g/mol. The zero-order chi connectivity index (χ0) is 14.2. The van der Waals surface area contributed by atoms with Crippen LogP contribution in [0.3, 0.4) is 0 Å². The van der Waals surface area contributed by atoms with Crippen molar-refractivity contribution in [3.8, 4) is 0 Å². The van der Waals surface area contributed by atoms with E-state index in [4.69, 9.17) is 23.2 Å². The van der Waals surface area contributed by atoms with E-state index in [-0.39, 0.29) is 11.3 Å². The van der Waals surface area contributed by atoms with Gasteiger partial charge in [-0.05, 0) is 41.9 Å². The van der Waals surface area contributed by atoms with Crippen LogP contribution in [0.2, 0.25) is 10.0 Å². The van der Waals surface area contributed by atoms with Gasteiger partial charge in [0.2, 0.25) is 0 Å². The Morgan fingerprint density at radius 1 is 1.16 bits per heavy atom. The first-order valence-corrected chi connectivity index (χ1v) is 7.56. The zero-order valence-electron chi connectivity index (χ0n) is 11.7. The van der Waals surface area contributed by atoms with Crippen molar-refractivity contribution < 1.29 is 4.79 Å². The topological polar surface area (TPSA) is 17.1 Å². The number of rotatable bonds is 2. The van der Waals surface area contributed by atoms with E-state index in [2.05, 4.69) is 20.8 Å². The van der Waals surface area contributed by atoms with Crippen LogP contribution in [0.1, 0.15) is 45.6 Å². The Labute approximate surface area is 125 Å². The van der Waals surface area contributed by atoms with Crippen LogP contribution >= 0.6 is 23.2 Å². The summed E-state index contributed by atoms with van der Waals surface area (Å²) in [5.41, 5.74) is 0.903. The number of carbonyl (C=O) groups is 1. The van der Waals surface area contributed by atoms with Crippen LogP contribution in [-0.4, -0.2) is 5.78 Å². The molecule has 19 heavy (non-hydrogen) atoms. The Hall–Kier alpha value is -0.530. The van der Waals surface area contributed by atoms with E-state index >= 15 is 0 Å². The van der Waals surface area contributed by atoms with Gasteiger partial charge in [0, 0.05) is 12.3 Å². The molecule has 2 rings (SSSR count). The van der Waals surface area contributed by atoms with Gasteiger partial charge < -0.3 is 0 Å². The van der Waals surface area contributed by atoms with Crippen LogP contribution < -0.4 is 0 Å².